The Balaban J connectivity index is 0.000000122. The molecule has 14 nitrogen and oxygen atoms in total. The summed E-state index contributed by atoms with van der Waals surface area (Å²) in [6.07, 6.45) is 32.0. The van der Waals surface area contributed by atoms with Gasteiger partial charge in [-0.1, -0.05) is 51.4 Å². The standard InChI is InChI=1S/C16H28N2O.C15H26N2O2.C15H26N2OS.C14H24N2O2/c1-17-15-9-13-8-14(13)11-18(16(15)19)10-12-6-4-2-3-5-7-12;2*1-16-14-8-11-7-12(11)9-17(15(14)18)10-13-5-3-2-4-6-19-13;1-15-13-7-10-6-11(10)8-16(14(13)17)9-12-4-2-3-5-18-12/h12-15,17H,2-11H2,1H3;2*11-14,16H,2-10H2,1H3;10-13,15H,2-9H2,1H3. The molecule has 0 bridgehead atoms. The fourth-order valence-electron chi connectivity index (χ4n) is 14.7. The van der Waals surface area contributed by atoms with Crippen LogP contribution in [0.3, 0.4) is 0 Å². The van der Waals surface area contributed by atoms with E-state index in [1.54, 1.807) is 0 Å². The van der Waals surface area contributed by atoms with E-state index in [4.69, 9.17) is 9.47 Å². The summed E-state index contributed by atoms with van der Waals surface area (Å²) in [5.74, 6) is 9.70. The number of ether oxygens (including phenoxy) is 2. The Bertz CT molecular complexity index is 1650. The molecule has 7 heterocycles. The Hall–Kier alpha value is -2.01. The van der Waals surface area contributed by atoms with E-state index in [9.17, 15) is 19.2 Å². The number of nitrogens with one attached hydrogen (secondary N) is 4. The Morgan fingerprint density at radius 2 is 0.733 bits per heavy atom. The van der Waals surface area contributed by atoms with Gasteiger partial charge in [-0.15, -0.1) is 0 Å². The molecule has 12 fully saturated rings. The average molecular weight is 1070 g/mol. The predicted molar refractivity (Wildman–Crippen MR) is 300 cm³/mol. The maximum atomic E-state index is 12.6. The molecule has 15 heteroatoms. The SMILES string of the molecule is CNC1CC2CC2CN(CC2CCCCCC2)C1=O.CNC1CC2CC2CN(CC2CCCCCO2)C1=O.CNC1CC2CC2CN(CC2CCCCCS2)C1=O.CNC1CC2CC2CN(CC2CCCCO2)C1=O. The highest BCUT2D eigenvalue weighted by Crippen LogP contribution is 2.48. The summed E-state index contributed by atoms with van der Waals surface area (Å²) in [6.45, 7) is 9.36. The molecule has 12 aliphatic rings. The lowest BCUT2D eigenvalue weighted by Gasteiger charge is -2.31. The van der Waals surface area contributed by atoms with Gasteiger partial charge in [0, 0.05) is 70.8 Å². The number of likely N-dealkylation sites (tertiary alicyclic amines) is 4. The van der Waals surface area contributed by atoms with Gasteiger partial charge in [-0.05, 0) is 196 Å². The first kappa shape index (κ1) is 57.7. The summed E-state index contributed by atoms with van der Waals surface area (Å²) in [4.78, 5) is 58.6. The monoisotopic (exact) mass is 1060 g/mol. The van der Waals surface area contributed by atoms with Gasteiger partial charge in [0.2, 0.25) is 23.6 Å². The van der Waals surface area contributed by atoms with E-state index in [1.165, 1.54) is 128 Å². The lowest BCUT2D eigenvalue weighted by atomic mass is 9.99. The van der Waals surface area contributed by atoms with Crippen LogP contribution < -0.4 is 21.3 Å². The zero-order valence-corrected chi connectivity index (χ0v) is 48.2. The van der Waals surface area contributed by atoms with E-state index < -0.39 is 0 Å². The quantitative estimate of drug-likeness (QED) is 0.151. The van der Waals surface area contributed by atoms with Crippen molar-refractivity contribution in [1.82, 2.24) is 40.9 Å². The van der Waals surface area contributed by atoms with Gasteiger partial charge in [0.05, 0.1) is 36.4 Å². The molecule has 75 heavy (non-hydrogen) atoms. The number of fused-ring (bicyclic) bond motifs is 4. The van der Waals surface area contributed by atoms with Crippen molar-refractivity contribution in [3.8, 4) is 0 Å². The van der Waals surface area contributed by atoms with Gasteiger partial charge < -0.3 is 50.3 Å². The summed E-state index contributed by atoms with van der Waals surface area (Å²) < 4.78 is 11.7. The summed E-state index contributed by atoms with van der Waals surface area (Å²) in [6, 6.07) is 0.228. The number of hydrogen-bond acceptors (Lipinski definition) is 11. The number of amides is 4. The van der Waals surface area contributed by atoms with Crippen molar-refractivity contribution in [2.24, 2.45) is 53.3 Å². The van der Waals surface area contributed by atoms with Gasteiger partial charge in [-0.3, -0.25) is 19.2 Å². The van der Waals surface area contributed by atoms with Crippen molar-refractivity contribution >= 4 is 35.4 Å². The van der Waals surface area contributed by atoms with Crippen LogP contribution in [0.1, 0.15) is 161 Å². The minimum Gasteiger partial charge on any atom is -0.376 e. The van der Waals surface area contributed by atoms with E-state index in [-0.39, 0.29) is 36.4 Å². The number of carbonyl (C=O) groups is 4. The van der Waals surface area contributed by atoms with Crippen molar-refractivity contribution in [2.75, 3.05) is 99.5 Å². The second kappa shape index (κ2) is 28.4. The normalized spacial score (nSPS) is 38.9. The van der Waals surface area contributed by atoms with Crippen LogP contribution in [-0.2, 0) is 28.7 Å². The second-order valence-corrected chi connectivity index (χ2v) is 27.2. The third-order valence-corrected chi connectivity index (χ3v) is 21.5. The highest BCUT2D eigenvalue weighted by molar-refractivity contribution is 7.99. The third kappa shape index (κ3) is 16.8. The summed E-state index contributed by atoms with van der Waals surface area (Å²) >= 11 is 2.10. The molecular formula is C60H104N8O6S. The Morgan fingerprint density at radius 1 is 0.387 bits per heavy atom. The molecule has 4 N–H and O–H groups in total. The molecule has 15 atom stereocenters. The number of carbonyl (C=O) groups excluding carboxylic acids is 4. The summed E-state index contributed by atoms with van der Waals surface area (Å²) in [5, 5.41) is 13.5. The predicted octanol–water partition coefficient (Wildman–Crippen LogP) is 6.95. The first-order valence-electron chi connectivity index (χ1n) is 31.3. The summed E-state index contributed by atoms with van der Waals surface area (Å²) in [5.41, 5.74) is 0. The molecule has 0 radical (unpaired) electrons. The number of hydrogen-bond donors (Lipinski definition) is 4. The van der Waals surface area contributed by atoms with Crippen LogP contribution in [0.15, 0.2) is 0 Å². The number of thioether (sulfide) groups is 1. The lowest BCUT2D eigenvalue weighted by molar-refractivity contribution is -0.136. The van der Waals surface area contributed by atoms with Gasteiger partial charge in [-0.2, -0.15) is 11.8 Å². The minimum atomic E-state index is 0.0308. The van der Waals surface area contributed by atoms with E-state index >= 15 is 0 Å². The molecular weight excluding hydrogens is 961 g/mol. The zero-order chi connectivity index (χ0) is 52.3. The third-order valence-electron chi connectivity index (χ3n) is 20.1. The lowest BCUT2D eigenvalue weighted by Crippen LogP contribution is -2.48. The van der Waals surface area contributed by atoms with Gasteiger partial charge in [0.25, 0.3) is 0 Å². The van der Waals surface area contributed by atoms with Crippen LogP contribution in [0.4, 0.5) is 0 Å². The smallest absolute Gasteiger partial charge is 0.239 e. The molecule has 7 aliphatic heterocycles. The maximum Gasteiger partial charge on any atom is 0.239 e. The van der Waals surface area contributed by atoms with Gasteiger partial charge in [0.1, 0.15) is 0 Å². The number of likely N-dealkylation sites (N-methyl/N-ethyl adjacent to an activating group) is 4. The van der Waals surface area contributed by atoms with Crippen molar-refractivity contribution in [3.63, 3.8) is 0 Å². The average Bonchev–Trinajstić information content (AvgIpc) is 4.20. The Kier molecular flexibility index (Phi) is 21.9. The van der Waals surface area contributed by atoms with Gasteiger partial charge in [-0.25, -0.2) is 0 Å². The number of rotatable bonds is 12. The highest BCUT2D eigenvalue weighted by Gasteiger charge is 2.49. The Labute approximate surface area is 457 Å². The molecule has 0 aromatic heterocycles. The molecule has 0 aromatic carbocycles. The van der Waals surface area contributed by atoms with Crippen LogP contribution in [-0.4, -0.2) is 184 Å². The van der Waals surface area contributed by atoms with Gasteiger partial charge in [0.15, 0.2) is 0 Å². The highest BCUT2D eigenvalue weighted by atomic mass is 32.2. The minimum absolute atomic E-state index is 0.0308. The molecule has 5 aliphatic carbocycles. The van der Waals surface area contributed by atoms with Crippen LogP contribution in [0.5, 0.6) is 0 Å². The first-order valence-corrected chi connectivity index (χ1v) is 32.3. The second-order valence-electron chi connectivity index (χ2n) is 25.8. The largest absolute Gasteiger partial charge is 0.376 e. The van der Waals surface area contributed by atoms with E-state index in [1.807, 2.05) is 28.2 Å². The van der Waals surface area contributed by atoms with Crippen molar-refractivity contribution in [1.29, 1.82) is 0 Å². The summed E-state index contributed by atoms with van der Waals surface area (Å²) in [7, 11) is 7.69. The van der Waals surface area contributed by atoms with Crippen molar-refractivity contribution in [2.45, 2.75) is 202 Å². The zero-order valence-electron chi connectivity index (χ0n) is 47.3. The molecule has 12 rings (SSSR count). The molecule has 0 aromatic rings. The molecule has 15 unspecified atom stereocenters. The van der Waals surface area contributed by atoms with E-state index in [2.05, 4.69) is 52.6 Å². The van der Waals surface area contributed by atoms with Crippen LogP contribution in [0.25, 0.3) is 0 Å². The van der Waals surface area contributed by atoms with E-state index in [0.717, 1.165) is 157 Å². The molecule has 5 saturated carbocycles. The van der Waals surface area contributed by atoms with Crippen molar-refractivity contribution < 1.29 is 28.7 Å². The maximum absolute atomic E-state index is 12.6. The molecule has 426 valence electrons. The molecule has 7 saturated heterocycles. The van der Waals surface area contributed by atoms with Crippen molar-refractivity contribution in [3.05, 3.63) is 0 Å². The first-order chi connectivity index (χ1) is 36.6. The fraction of sp³-hybridized carbons (Fsp3) is 0.933. The Morgan fingerprint density at radius 3 is 1.16 bits per heavy atom. The topological polar surface area (TPSA) is 148 Å². The van der Waals surface area contributed by atoms with Crippen LogP contribution in [0, 0.1) is 53.3 Å². The molecule has 4 amide bonds. The van der Waals surface area contributed by atoms with Crippen LogP contribution in [0.2, 0.25) is 0 Å². The van der Waals surface area contributed by atoms with Gasteiger partial charge >= 0.3 is 0 Å². The number of nitrogens with zero attached hydrogens (tertiary/aromatic N) is 4. The van der Waals surface area contributed by atoms with Crippen LogP contribution >= 0.6 is 11.8 Å². The molecule has 0 spiro atoms. The fourth-order valence-corrected chi connectivity index (χ4v) is 16.0. The van der Waals surface area contributed by atoms with E-state index in [0.29, 0.717) is 28.9 Å².